The van der Waals surface area contributed by atoms with E-state index >= 15 is 0 Å². The van der Waals surface area contributed by atoms with E-state index in [0.717, 1.165) is 39.0 Å². The fourth-order valence-corrected chi connectivity index (χ4v) is 3.97. The summed E-state index contributed by atoms with van der Waals surface area (Å²) in [6.07, 6.45) is 3.43. The molecule has 0 saturated carbocycles. The molecule has 0 aliphatic carbocycles. The maximum Gasteiger partial charge on any atom is 0.135 e. The molecule has 5 heterocycles. The van der Waals surface area contributed by atoms with Gasteiger partial charge < -0.3 is 9.72 Å². The Hall–Kier alpha value is -4.59. The highest BCUT2D eigenvalue weighted by Crippen LogP contribution is 2.34. The van der Waals surface area contributed by atoms with Crippen LogP contribution in [-0.2, 0) is 0 Å². The lowest BCUT2D eigenvalue weighted by Gasteiger charge is -2.06. The van der Waals surface area contributed by atoms with Crippen molar-refractivity contribution >= 4 is 21.9 Å². The van der Waals surface area contributed by atoms with Crippen LogP contribution in [0.4, 0.5) is 4.39 Å². The van der Waals surface area contributed by atoms with Crippen molar-refractivity contribution in [2.75, 3.05) is 7.11 Å². The highest BCUT2D eigenvalue weighted by molar-refractivity contribution is 5.99. The number of hydrogen-bond acceptors (Lipinski definition) is 5. The lowest BCUT2D eigenvalue weighted by Crippen LogP contribution is -1.89. The zero-order valence-electron chi connectivity index (χ0n) is 17.5. The SMILES string of the molecule is COc1cc(F)cc(-c2nccc3[nH]c(-c4n[nH]c5ccc(-c6ccccn6)nc45)cc23)c1. The van der Waals surface area contributed by atoms with Gasteiger partial charge in [-0.3, -0.25) is 15.1 Å². The van der Waals surface area contributed by atoms with Gasteiger partial charge in [0.05, 0.1) is 35.4 Å². The van der Waals surface area contributed by atoms with Gasteiger partial charge in [-0.1, -0.05) is 6.07 Å². The molecule has 0 bridgehead atoms. The van der Waals surface area contributed by atoms with Crippen LogP contribution >= 0.6 is 0 Å². The highest BCUT2D eigenvalue weighted by atomic mass is 19.1. The molecule has 0 amide bonds. The van der Waals surface area contributed by atoms with Crippen LogP contribution in [0.2, 0.25) is 0 Å². The largest absolute Gasteiger partial charge is 0.497 e. The summed E-state index contributed by atoms with van der Waals surface area (Å²) < 4.78 is 19.4. The van der Waals surface area contributed by atoms with E-state index in [1.165, 1.54) is 19.2 Å². The number of halogens is 1. The summed E-state index contributed by atoms with van der Waals surface area (Å²) in [5.41, 5.74) is 6.69. The van der Waals surface area contributed by atoms with Crippen molar-refractivity contribution in [3.8, 4) is 39.8 Å². The zero-order chi connectivity index (χ0) is 22.4. The molecule has 0 spiro atoms. The Morgan fingerprint density at radius 3 is 2.64 bits per heavy atom. The standard InChI is InChI=1S/C25H17FN6O/c1-33-16-11-14(10-15(26)12-16)23-17-13-22(29-18(17)7-9-28-23)25-24-21(31-32-25)6-5-20(30-24)19-4-2-3-8-27-19/h2-13,29H,1H3,(H,31,32). The van der Waals surface area contributed by atoms with E-state index in [1.54, 1.807) is 18.5 Å². The minimum Gasteiger partial charge on any atom is -0.497 e. The molecule has 7 nitrogen and oxygen atoms in total. The van der Waals surface area contributed by atoms with E-state index < -0.39 is 0 Å². The Balaban J connectivity index is 1.50. The van der Waals surface area contributed by atoms with E-state index in [-0.39, 0.29) is 5.82 Å². The van der Waals surface area contributed by atoms with Crippen molar-refractivity contribution < 1.29 is 9.13 Å². The molecular formula is C25H17FN6O. The number of aromatic nitrogens is 6. The minimum absolute atomic E-state index is 0.386. The summed E-state index contributed by atoms with van der Waals surface area (Å²) in [5.74, 6) is 0.0487. The number of aromatic amines is 2. The number of pyridine rings is 3. The van der Waals surface area contributed by atoms with Gasteiger partial charge in [0.15, 0.2) is 0 Å². The molecular weight excluding hydrogens is 419 g/mol. The molecule has 0 aliphatic rings. The fraction of sp³-hybridized carbons (Fsp3) is 0.0400. The second-order valence-electron chi connectivity index (χ2n) is 7.56. The van der Waals surface area contributed by atoms with Crippen LogP contribution in [-0.4, -0.2) is 37.2 Å². The third kappa shape index (κ3) is 3.28. The lowest BCUT2D eigenvalue weighted by molar-refractivity contribution is 0.411. The molecule has 0 fully saturated rings. The second-order valence-corrected chi connectivity index (χ2v) is 7.56. The smallest absolute Gasteiger partial charge is 0.135 e. The molecule has 0 aliphatic heterocycles. The first-order valence-electron chi connectivity index (χ1n) is 10.3. The number of benzene rings is 1. The van der Waals surface area contributed by atoms with E-state index in [0.29, 0.717) is 22.7 Å². The quantitative estimate of drug-likeness (QED) is 0.387. The minimum atomic E-state index is -0.386. The molecule has 33 heavy (non-hydrogen) atoms. The zero-order valence-corrected chi connectivity index (χ0v) is 17.5. The number of methoxy groups -OCH3 is 1. The summed E-state index contributed by atoms with van der Waals surface area (Å²) in [6, 6.07) is 18.0. The molecule has 0 saturated heterocycles. The Morgan fingerprint density at radius 2 is 1.79 bits per heavy atom. The van der Waals surface area contributed by atoms with E-state index in [4.69, 9.17) is 9.72 Å². The monoisotopic (exact) mass is 436 g/mol. The number of nitrogens with one attached hydrogen (secondary N) is 2. The van der Waals surface area contributed by atoms with Crippen molar-refractivity contribution in [2.24, 2.45) is 0 Å². The van der Waals surface area contributed by atoms with E-state index in [9.17, 15) is 4.39 Å². The van der Waals surface area contributed by atoms with E-state index in [1.807, 2.05) is 42.5 Å². The predicted molar refractivity (Wildman–Crippen MR) is 124 cm³/mol. The summed E-state index contributed by atoms with van der Waals surface area (Å²) >= 11 is 0. The van der Waals surface area contributed by atoms with Crippen LogP contribution in [0, 0.1) is 5.82 Å². The van der Waals surface area contributed by atoms with Gasteiger partial charge in [0.2, 0.25) is 0 Å². The molecule has 2 N–H and O–H groups in total. The van der Waals surface area contributed by atoms with Crippen LogP contribution in [0.3, 0.4) is 0 Å². The molecule has 6 aromatic rings. The second kappa shape index (κ2) is 7.52. The van der Waals surface area contributed by atoms with Gasteiger partial charge in [-0.2, -0.15) is 5.10 Å². The van der Waals surface area contributed by atoms with Crippen molar-refractivity contribution in [1.82, 2.24) is 30.1 Å². The Morgan fingerprint density at radius 1 is 0.848 bits per heavy atom. The van der Waals surface area contributed by atoms with Gasteiger partial charge in [-0.15, -0.1) is 0 Å². The topological polar surface area (TPSA) is 92.4 Å². The van der Waals surface area contributed by atoms with Crippen LogP contribution < -0.4 is 4.74 Å². The Bertz CT molecular complexity index is 1620. The molecule has 6 rings (SSSR count). The first kappa shape index (κ1) is 19.1. The number of rotatable bonds is 4. The normalized spacial score (nSPS) is 11.3. The molecule has 8 heteroatoms. The van der Waals surface area contributed by atoms with Gasteiger partial charge in [-0.05, 0) is 48.5 Å². The maximum atomic E-state index is 14.1. The predicted octanol–water partition coefficient (Wildman–Crippen LogP) is 5.38. The summed E-state index contributed by atoms with van der Waals surface area (Å²) in [7, 11) is 1.51. The third-order valence-electron chi connectivity index (χ3n) is 5.52. The van der Waals surface area contributed by atoms with Crippen molar-refractivity contribution in [2.45, 2.75) is 0 Å². The Labute approximate surface area is 187 Å². The Kier molecular flexibility index (Phi) is 4.36. The van der Waals surface area contributed by atoms with Gasteiger partial charge in [0, 0.05) is 34.9 Å². The first-order valence-corrected chi connectivity index (χ1v) is 10.3. The van der Waals surface area contributed by atoms with Crippen LogP contribution in [0.25, 0.3) is 56.0 Å². The molecule has 0 atom stereocenters. The number of H-pyrrole nitrogens is 2. The summed E-state index contributed by atoms with van der Waals surface area (Å²) in [4.78, 5) is 17.1. The van der Waals surface area contributed by atoms with Crippen molar-refractivity contribution in [1.29, 1.82) is 0 Å². The molecule has 160 valence electrons. The average molecular weight is 436 g/mol. The third-order valence-corrected chi connectivity index (χ3v) is 5.52. The number of ether oxygens (including phenoxy) is 1. The van der Waals surface area contributed by atoms with Gasteiger partial charge >= 0.3 is 0 Å². The van der Waals surface area contributed by atoms with E-state index in [2.05, 4.69) is 25.1 Å². The molecule has 1 aromatic carbocycles. The van der Waals surface area contributed by atoms with Gasteiger partial charge in [-0.25, -0.2) is 9.37 Å². The summed E-state index contributed by atoms with van der Waals surface area (Å²) in [6.45, 7) is 0. The van der Waals surface area contributed by atoms with Crippen molar-refractivity contribution in [3.05, 3.63) is 78.9 Å². The number of nitrogens with zero attached hydrogens (tertiary/aromatic N) is 4. The molecule has 5 aromatic heterocycles. The fourth-order valence-electron chi connectivity index (χ4n) is 3.97. The maximum absolute atomic E-state index is 14.1. The number of hydrogen-bond donors (Lipinski definition) is 2. The van der Waals surface area contributed by atoms with Crippen molar-refractivity contribution in [3.63, 3.8) is 0 Å². The summed E-state index contributed by atoms with van der Waals surface area (Å²) in [5, 5.41) is 8.39. The number of fused-ring (bicyclic) bond motifs is 2. The lowest BCUT2D eigenvalue weighted by atomic mass is 10.1. The van der Waals surface area contributed by atoms with Gasteiger partial charge in [0.1, 0.15) is 22.8 Å². The average Bonchev–Trinajstić information content (AvgIpc) is 3.47. The van der Waals surface area contributed by atoms with Crippen LogP contribution in [0.5, 0.6) is 5.75 Å². The van der Waals surface area contributed by atoms with Crippen LogP contribution in [0.1, 0.15) is 0 Å². The van der Waals surface area contributed by atoms with Crippen LogP contribution in [0.15, 0.2) is 73.1 Å². The first-order chi connectivity index (χ1) is 16.2. The molecule has 0 radical (unpaired) electrons. The molecule has 0 unspecified atom stereocenters. The van der Waals surface area contributed by atoms with Gasteiger partial charge in [0.25, 0.3) is 0 Å². The highest BCUT2D eigenvalue weighted by Gasteiger charge is 2.16.